The molecule has 2 bridgehead atoms. The van der Waals surface area contributed by atoms with E-state index < -0.39 is 0 Å². The second-order valence-electron chi connectivity index (χ2n) is 3.87. The zero-order valence-corrected chi connectivity index (χ0v) is 8.52. The number of hydrogen-bond donors (Lipinski definition) is 2. The Bertz CT molecular complexity index is 180. The van der Waals surface area contributed by atoms with Gasteiger partial charge < -0.3 is 19.9 Å². The van der Waals surface area contributed by atoms with Gasteiger partial charge in [-0.25, -0.2) is 0 Å². The number of aliphatic hydroxyl groups excluding tert-OH is 1. The maximum atomic E-state index is 9.12. The van der Waals surface area contributed by atoms with Crippen molar-refractivity contribution < 1.29 is 14.6 Å². The lowest BCUT2D eigenvalue weighted by Crippen LogP contribution is -2.50. The summed E-state index contributed by atoms with van der Waals surface area (Å²) in [6.45, 7) is 2.16. The van der Waals surface area contributed by atoms with Gasteiger partial charge in [-0.1, -0.05) is 0 Å². The molecule has 2 heterocycles. The Labute approximate surface area is 84.0 Å². The van der Waals surface area contributed by atoms with Crippen LogP contribution in [0.1, 0.15) is 6.42 Å². The Hall–Kier alpha value is 0.130. The van der Waals surface area contributed by atoms with Gasteiger partial charge >= 0.3 is 0 Å². The summed E-state index contributed by atoms with van der Waals surface area (Å²) >= 11 is 0. The van der Waals surface area contributed by atoms with Crippen LogP contribution in [-0.2, 0) is 9.47 Å². The fourth-order valence-electron chi connectivity index (χ4n) is 2.16. The van der Waals surface area contributed by atoms with Crippen LogP contribution in [0.2, 0.25) is 0 Å². The van der Waals surface area contributed by atoms with Gasteiger partial charge in [0.15, 0.2) is 0 Å². The van der Waals surface area contributed by atoms with Crippen LogP contribution in [0.15, 0.2) is 0 Å². The molecular formula is C8H16ClNO3. The number of nitrogens with one attached hydrogen (secondary N) is 1. The summed E-state index contributed by atoms with van der Waals surface area (Å²) in [5.74, 6) is 0. The molecule has 0 aromatic rings. The molecule has 4 nitrogen and oxygen atoms in total. The van der Waals surface area contributed by atoms with Crippen molar-refractivity contribution in [1.82, 2.24) is 5.32 Å². The Kier molecular flexibility index (Phi) is 3.20. The van der Waals surface area contributed by atoms with Crippen LogP contribution in [0.3, 0.4) is 0 Å². The average molecular weight is 210 g/mol. The van der Waals surface area contributed by atoms with E-state index >= 15 is 0 Å². The number of halogens is 1. The van der Waals surface area contributed by atoms with Crippen molar-refractivity contribution in [3.8, 4) is 0 Å². The first-order valence-corrected chi connectivity index (χ1v) is 4.23. The topological polar surface area (TPSA) is 50.7 Å². The Morgan fingerprint density at radius 2 is 2.38 bits per heavy atom. The normalized spacial score (nSPS) is 42.0. The number of aliphatic hydroxyl groups is 1. The van der Waals surface area contributed by atoms with Gasteiger partial charge in [-0.05, 0) is 0 Å². The van der Waals surface area contributed by atoms with Gasteiger partial charge in [-0.3, -0.25) is 0 Å². The quantitative estimate of drug-likeness (QED) is 0.661. The molecule has 0 amide bonds. The molecule has 78 valence electrons. The fraction of sp³-hybridized carbons (Fsp3) is 1.00. The Morgan fingerprint density at radius 3 is 2.77 bits per heavy atom. The zero-order valence-electron chi connectivity index (χ0n) is 7.71. The second kappa shape index (κ2) is 3.71. The van der Waals surface area contributed by atoms with Crippen LogP contribution in [0.4, 0.5) is 0 Å². The first-order chi connectivity index (χ1) is 5.74. The third-order valence-corrected chi connectivity index (χ3v) is 2.81. The summed E-state index contributed by atoms with van der Waals surface area (Å²) in [4.78, 5) is 0. The van der Waals surface area contributed by atoms with Gasteiger partial charge in [0.25, 0.3) is 0 Å². The zero-order chi connectivity index (χ0) is 8.66. The highest BCUT2D eigenvalue weighted by molar-refractivity contribution is 5.85. The third kappa shape index (κ3) is 1.69. The summed E-state index contributed by atoms with van der Waals surface area (Å²) in [7, 11) is 1.69. The molecule has 0 aliphatic carbocycles. The highest BCUT2D eigenvalue weighted by Gasteiger charge is 2.55. The SMILES string of the molecule is COCC12COC(CO)(CN1)C2.Cl. The van der Waals surface area contributed by atoms with E-state index in [2.05, 4.69) is 5.32 Å². The molecule has 2 unspecified atom stereocenters. The van der Waals surface area contributed by atoms with Crippen LogP contribution in [0, 0.1) is 0 Å². The molecule has 2 N–H and O–H groups in total. The molecule has 0 saturated carbocycles. The summed E-state index contributed by atoms with van der Waals surface area (Å²) in [6.07, 6.45) is 0.865. The van der Waals surface area contributed by atoms with Gasteiger partial charge in [-0.15, -0.1) is 12.4 Å². The van der Waals surface area contributed by atoms with Crippen molar-refractivity contribution >= 4 is 12.4 Å². The average Bonchev–Trinajstić information content (AvgIpc) is 2.61. The number of ether oxygens (including phenoxy) is 2. The molecule has 2 aliphatic rings. The molecule has 2 rings (SSSR count). The lowest BCUT2D eigenvalue weighted by Gasteiger charge is -2.28. The van der Waals surface area contributed by atoms with E-state index in [4.69, 9.17) is 14.6 Å². The number of hydrogen-bond acceptors (Lipinski definition) is 4. The lowest BCUT2D eigenvalue weighted by molar-refractivity contribution is -0.0534. The van der Waals surface area contributed by atoms with E-state index in [9.17, 15) is 0 Å². The van der Waals surface area contributed by atoms with Crippen LogP contribution in [0.5, 0.6) is 0 Å². The van der Waals surface area contributed by atoms with Crippen molar-refractivity contribution in [3.05, 3.63) is 0 Å². The molecule has 2 saturated heterocycles. The van der Waals surface area contributed by atoms with Crippen molar-refractivity contribution in [2.45, 2.75) is 17.6 Å². The van der Waals surface area contributed by atoms with Crippen LogP contribution in [-0.4, -0.2) is 49.7 Å². The smallest absolute Gasteiger partial charge is 0.106 e. The summed E-state index contributed by atoms with van der Waals surface area (Å²) < 4.78 is 10.7. The molecular weight excluding hydrogens is 194 g/mol. The summed E-state index contributed by atoms with van der Waals surface area (Å²) in [5, 5.41) is 12.5. The standard InChI is InChI=1S/C8H15NO3.ClH/c1-11-5-7-2-8(4-10,3-9-7)12-6-7;/h9-10H,2-6H2,1H3;1H. The second-order valence-corrected chi connectivity index (χ2v) is 3.87. The maximum Gasteiger partial charge on any atom is 0.106 e. The van der Waals surface area contributed by atoms with E-state index in [0.717, 1.165) is 13.0 Å². The molecule has 0 aromatic carbocycles. The molecule has 0 aromatic heterocycles. The van der Waals surface area contributed by atoms with E-state index in [0.29, 0.717) is 13.2 Å². The monoisotopic (exact) mass is 209 g/mol. The van der Waals surface area contributed by atoms with Crippen molar-refractivity contribution in [2.24, 2.45) is 0 Å². The minimum Gasteiger partial charge on any atom is -0.393 e. The van der Waals surface area contributed by atoms with E-state index in [1.807, 2.05) is 0 Å². The Balaban J connectivity index is 0.000000845. The van der Waals surface area contributed by atoms with Crippen LogP contribution >= 0.6 is 12.4 Å². The maximum absolute atomic E-state index is 9.12. The number of fused-ring (bicyclic) bond motifs is 2. The molecule has 0 radical (unpaired) electrons. The van der Waals surface area contributed by atoms with Crippen LogP contribution in [0.25, 0.3) is 0 Å². The Morgan fingerprint density at radius 1 is 1.62 bits per heavy atom. The van der Waals surface area contributed by atoms with Gasteiger partial charge in [0.05, 0.1) is 25.4 Å². The van der Waals surface area contributed by atoms with E-state index in [-0.39, 0.29) is 30.2 Å². The van der Waals surface area contributed by atoms with E-state index in [1.54, 1.807) is 7.11 Å². The fourth-order valence-corrected chi connectivity index (χ4v) is 2.16. The van der Waals surface area contributed by atoms with Gasteiger partial charge in [0.1, 0.15) is 5.60 Å². The molecule has 13 heavy (non-hydrogen) atoms. The first-order valence-electron chi connectivity index (χ1n) is 4.23. The minimum absolute atomic E-state index is 0. The highest BCUT2D eigenvalue weighted by Crippen LogP contribution is 2.38. The highest BCUT2D eigenvalue weighted by atomic mass is 35.5. The molecule has 2 fully saturated rings. The molecule has 0 spiro atoms. The summed E-state index contributed by atoms with van der Waals surface area (Å²) in [5.41, 5.74) is -0.351. The van der Waals surface area contributed by atoms with Gasteiger partial charge in [0.2, 0.25) is 0 Å². The van der Waals surface area contributed by atoms with Crippen LogP contribution < -0.4 is 5.32 Å². The van der Waals surface area contributed by atoms with Gasteiger partial charge in [0, 0.05) is 20.1 Å². The largest absolute Gasteiger partial charge is 0.393 e. The number of rotatable bonds is 3. The molecule has 2 atom stereocenters. The van der Waals surface area contributed by atoms with Crippen molar-refractivity contribution in [2.75, 3.05) is 33.5 Å². The van der Waals surface area contributed by atoms with Gasteiger partial charge in [-0.2, -0.15) is 0 Å². The summed E-state index contributed by atoms with van der Waals surface area (Å²) in [6, 6.07) is 0. The predicted molar refractivity (Wildman–Crippen MR) is 50.2 cm³/mol. The lowest BCUT2D eigenvalue weighted by atomic mass is 9.96. The third-order valence-electron chi connectivity index (χ3n) is 2.81. The predicted octanol–water partition coefficient (Wildman–Crippen LogP) is -0.452. The minimum atomic E-state index is -0.321. The first kappa shape index (κ1) is 11.2. The molecule has 2 aliphatic heterocycles. The van der Waals surface area contributed by atoms with E-state index in [1.165, 1.54) is 0 Å². The molecule has 5 heteroatoms. The number of methoxy groups -OCH3 is 1. The van der Waals surface area contributed by atoms with Crippen molar-refractivity contribution in [1.29, 1.82) is 0 Å². The van der Waals surface area contributed by atoms with Crippen molar-refractivity contribution in [3.63, 3.8) is 0 Å². The number of morpholine rings is 1.